The van der Waals surface area contributed by atoms with Gasteiger partial charge in [-0.05, 0) is 60.9 Å². The molecular formula is C21H22N2O4S2. The molecule has 0 radical (unpaired) electrons. The van der Waals surface area contributed by atoms with Crippen molar-refractivity contribution in [1.29, 1.82) is 0 Å². The molecule has 0 saturated carbocycles. The number of thiocarbonyl (C=S) groups is 1. The molecule has 2 aromatic carbocycles. The second-order valence-corrected chi connectivity index (χ2v) is 7.97. The summed E-state index contributed by atoms with van der Waals surface area (Å²) in [4.78, 5) is 11.7. The largest absolute Gasteiger partial charge is 0.493 e. The Morgan fingerprint density at radius 2 is 1.90 bits per heavy atom. The van der Waals surface area contributed by atoms with Gasteiger partial charge in [0.1, 0.15) is 19.0 Å². The Labute approximate surface area is 179 Å². The summed E-state index contributed by atoms with van der Waals surface area (Å²) in [5.41, 5.74) is 3.20. The number of hydrogen-bond donors (Lipinski definition) is 0. The van der Waals surface area contributed by atoms with E-state index in [9.17, 15) is 4.79 Å². The number of carbonyl (C=O) groups excluding carboxylic acids is 1. The van der Waals surface area contributed by atoms with E-state index < -0.39 is 0 Å². The van der Waals surface area contributed by atoms with E-state index in [4.69, 9.17) is 26.4 Å². The molecule has 29 heavy (non-hydrogen) atoms. The van der Waals surface area contributed by atoms with Crippen molar-refractivity contribution >= 4 is 40.4 Å². The number of benzene rings is 2. The van der Waals surface area contributed by atoms with E-state index in [1.54, 1.807) is 25.5 Å². The van der Waals surface area contributed by atoms with Crippen LogP contribution in [0.3, 0.4) is 0 Å². The minimum atomic E-state index is -0.119. The number of ether oxygens (including phenoxy) is 3. The molecule has 3 rings (SSSR count). The number of rotatable bonds is 8. The fourth-order valence-electron chi connectivity index (χ4n) is 2.58. The van der Waals surface area contributed by atoms with Crippen molar-refractivity contribution in [2.24, 2.45) is 5.10 Å². The standard InChI is InChI=1S/C21H22N2O4S2/c1-14-4-6-17(10-15(14)2)26-8-9-27-18-7-5-16(11-19(18)25-3)12-22-23-20(24)13-29-21(23)28/h4-7,10-12H,8-9,13H2,1-3H3/b22-12-. The number of thioether (sulfide) groups is 1. The van der Waals surface area contributed by atoms with Gasteiger partial charge in [0.25, 0.3) is 5.91 Å². The molecule has 0 bridgehead atoms. The molecule has 1 amide bonds. The van der Waals surface area contributed by atoms with Gasteiger partial charge in [-0.15, -0.1) is 0 Å². The zero-order valence-corrected chi connectivity index (χ0v) is 18.1. The molecule has 6 nitrogen and oxygen atoms in total. The van der Waals surface area contributed by atoms with Crippen LogP contribution in [0.1, 0.15) is 16.7 Å². The second-order valence-electron chi connectivity index (χ2n) is 6.36. The maximum atomic E-state index is 11.7. The van der Waals surface area contributed by atoms with Crippen LogP contribution in [0.5, 0.6) is 17.2 Å². The highest BCUT2D eigenvalue weighted by molar-refractivity contribution is 8.23. The van der Waals surface area contributed by atoms with Crippen LogP contribution in [0, 0.1) is 13.8 Å². The van der Waals surface area contributed by atoms with Gasteiger partial charge in [-0.3, -0.25) is 4.79 Å². The van der Waals surface area contributed by atoms with Gasteiger partial charge in [0, 0.05) is 0 Å². The van der Waals surface area contributed by atoms with Crippen LogP contribution in [0.25, 0.3) is 0 Å². The summed E-state index contributed by atoms with van der Waals surface area (Å²) >= 11 is 6.42. The summed E-state index contributed by atoms with van der Waals surface area (Å²) < 4.78 is 17.4. The fourth-order valence-corrected chi connectivity index (χ4v) is 3.55. The summed E-state index contributed by atoms with van der Waals surface area (Å²) in [5, 5.41) is 5.40. The first-order chi connectivity index (χ1) is 14.0. The van der Waals surface area contributed by atoms with E-state index in [-0.39, 0.29) is 5.91 Å². The third-order valence-corrected chi connectivity index (χ3v) is 5.66. The van der Waals surface area contributed by atoms with Crippen LogP contribution in [0.2, 0.25) is 0 Å². The van der Waals surface area contributed by atoms with Crippen molar-refractivity contribution in [3.05, 3.63) is 53.1 Å². The third kappa shape index (κ3) is 5.48. The van der Waals surface area contributed by atoms with Crippen molar-refractivity contribution in [1.82, 2.24) is 5.01 Å². The highest BCUT2D eigenvalue weighted by atomic mass is 32.2. The molecule has 0 aromatic heterocycles. The molecule has 1 heterocycles. The number of amides is 1. The lowest BCUT2D eigenvalue weighted by Gasteiger charge is -2.13. The number of carbonyl (C=O) groups is 1. The number of aryl methyl sites for hydroxylation is 2. The van der Waals surface area contributed by atoms with Crippen LogP contribution in [0.15, 0.2) is 41.5 Å². The number of methoxy groups -OCH3 is 1. The number of nitrogens with zero attached hydrogens (tertiary/aromatic N) is 2. The quantitative estimate of drug-likeness (QED) is 0.359. The lowest BCUT2D eigenvalue weighted by Crippen LogP contribution is -2.22. The average Bonchev–Trinajstić information content (AvgIpc) is 3.04. The molecule has 8 heteroatoms. The minimum absolute atomic E-state index is 0.119. The Morgan fingerprint density at radius 1 is 1.10 bits per heavy atom. The molecule has 0 aliphatic carbocycles. The van der Waals surface area contributed by atoms with Gasteiger partial charge in [-0.25, -0.2) is 0 Å². The smallest absolute Gasteiger partial charge is 0.259 e. The van der Waals surface area contributed by atoms with Crippen molar-refractivity contribution < 1.29 is 19.0 Å². The first-order valence-electron chi connectivity index (χ1n) is 9.02. The second kappa shape index (κ2) is 9.76. The van der Waals surface area contributed by atoms with Crippen molar-refractivity contribution in [3.63, 3.8) is 0 Å². The van der Waals surface area contributed by atoms with Gasteiger partial charge in [0.2, 0.25) is 0 Å². The van der Waals surface area contributed by atoms with Crippen molar-refractivity contribution in [2.45, 2.75) is 13.8 Å². The lowest BCUT2D eigenvalue weighted by molar-refractivity contribution is -0.123. The highest BCUT2D eigenvalue weighted by Crippen LogP contribution is 2.28. The summed E-state index contributed by atoms with van der Waals surface area (Å²) in [5.74, 6) is 2.22. The predicted molar refractivity (Wildman–Crippen MR) is 119 cm³/mol. The first kappa shape index (κ1) is 21.1. The van der Waals surface area contributed by atoms with E-state index in [0.29, 0.717) is 34.8 Å². The van der Waals surface area contributed by atoms with Crippen LogP contribution < -0.4 is 14.2 Å². The van der Waals surface area contributed by atoms with Crippen LogP contribution in [-0.4, -0.2) is 47.5 Å². The van der Waals surface area contributed by atoms with Crippen molar-refractivity contribution in [2.75, 3.05) is 26.1 Å². The summed E-state index contributed by atoms with van der Waals surface area (Å²) in [6, 6.07) is 11.4. The summed E-state index contributed by atoms with van der Waals surface area (Å²) in [6.07, 6.45) is 1.57. The molecule has 0 spiro atoms. The van der Waals surface area contributed by atoms with Gasteiger partial charge < -0.3 is 14.2 Å². The lowest BCUT2D eigenvalue weighted by atomic mass is 10.1. The monoisotopic (exact) mass is 430 g/mol. The minimum Gasteiger partial charge on any atom is -0.493 e. The van der Waals surface area contributed by atoms with Crippen molar-refractivity contribution in [3.8, 4) is 17.2 Å². The van der Waals surface area contributed by atoms with Gasteiger partial charge >= 0.3 is 0 Å². The van der Waals surface area contributed by atoms with E-state index in [1.165, 1.54) is 27.9 Å². The Balaban J connectivity index is 1.56. The van der Waals surface area contributed by atoms with E-state index in [1.807, 2.05) is 24.3 Å². The topological polar surface area (TPSA) is 60.4 Å². The molecule has 0 unspecified atom stereocenters. The van der Waals surface area contributed by atoms with E-state index in [0.717, 1.165) is 11.3 Å². The van der Waals surface area contributed by atoms with E-state index in [2.05, 4.69) is 18.9 Å². The molecule has 1 aliphatic rings. The van der Waals surface area contributed by atoms with E-state index >= 15 is 0 Å². The van der Waals surface area contributed by atoms with Crippen LogP contribution in [0.4, 0.5) is 0 Å². The molecule has 152 valence electrons. The molecule has 0 atom stereocenters. The summed E-state index contributed by atoms with van der Waals surface area (Å²) in [6.45, 7) is 4.92. The normalized spacial score (nSPS) is 14.0. The maximum Gasteiger partial charge on any atom is 0.259 e. The molecule has 1 saturated heterocycles. The predicted octanol–water partition coefficient (Wildman–Crippen LogP) is 3.96. The Bertz CT molecular complexity index is 930. The first-order valence-corrected chi connectivity index (χ1v) is 10.4. The molecule has 1 fully saturated rings. The van der Waals surface area contributed by atoms with Crippen LogP contribution in [-0.2, 0) is 4.79 Å². The number of hydrazone groups is 1. The number of hydrogen-bond acceptors (Lipinski definition) is 7. The zero-order chi connectivity index (χ0) is 20.8. The Morgan fingerprint density at radius 3 is 2.59 bits per heavy atom. The summed E-state index contributed by atoms with van der Waals surface area (Å²) in [7, 11) is 1.57. The highest BCUT2D eigenvalue weighted by Gasteiger charge is 2.25. The van der Waals surface area contributed by atoms with Crippen LogP contribution >= 0.6 is 24.0 Å². The van der Waals surface area contributed by atoms with Gasteiger partial charge in [0.15, 0.2) is 15.8 Å². The molecule has 1 aliphatic heterocycles. The Kier molecular flexibility index (Phi) is 7.11. The maximum absolute atomic E-state index is 11.7. The average molecular weight is 431 g/mol. The van der Waals surface area contributed by atoms with Gasteiger partial charge in [-0.2, -0.15) is 10.1 Å². The fraction of sp³-hybridized carbons (Fsp3) is 0.286. The third-order valence-electron chi connectivity index (χ3n) is 4.33. The molecule has 2 aromatic rings. The van der Waals surface area contributed by atoms with Gasteiger partial charge in [0.05, 0.1) is 19.1 Å². The Hall–Kier alpha value is -2.58. The molecule has 0 N–H and O–H groups in total. The zero-order valence-electron chi connectivity index (χ0n) is 16.5. The SMILES string of the molecule is COc1cc(/C=N\N2C(=O)CSC2=S)ccc1OCCOc1ccc(C)c(C)c1. The molecular weight excluding hydrogens is 408 g/mol. The van der Waals surface area contributed by atoms with Gasteiger partial charge in [-0.1, -0.05) is 30.0 Å².